The van der Waals surface area contributed by atoms with Crippen LogP contribution in [0, 0.1) is 6.92 Å². The van der Waals surface area contributed by atoms with E-state index in [2.05, 4.69) is 78.9 Å². The van der Waals surface area contributed by atoms with Crippen LogP contribution < -0.4 is 14.5 Å². The Balaban J connectivity index is 1.58. The van der Waals surface area contributed by atoms with E-state index in [1.165, 1.54) is 0 Å². The van der Waals surface area contributed by atoms with E-state index in [0.29, 0.717) is 5.56 Å². The number of fused-ring (bicyclic) bond motifs is 6. The van der Waals surface area contributed by atoms with Crippen LogP contribution in [-0.4, -0.2) is 49.5 Å². The highest BCUT2D eigenvalue weighted by molar-refractivity contribution is 6.17. The Kier molecular flexibility index (Phi) is 7.95. The second kappa shape index (κ2) is 12.0. The van der Waals surface area contributed by atoms with Crippen LogP contribution in [0.2, 0.25) is 0 Å². The molecule has 7 heteroatoms. The lowest BCUT2D eigenvalue weighted by molar-refractivity contribution is 0.0675. The Hall–Kier alpha value is -4.91. The lowest BCUT2D eigenvalue weighted by atomic mass is 9.75. The molecular formula is C37H39N5O2. The van der Waals surface area contributed by atoms with Gasteiger partial charge in [-0.2, -0.15) is 5.10 Å². The van der Waals surface area contributed by atoms with Crippen molar-refractivity contribution >= 4 is 35.4 Å². The molecule has 1 amide bonds. The largest absolute Gasteiger partial charge is 0.456 e. The number of anilines is 2. The highest BCUT2D eigenvalue weighted by Crippen LogP contribution is 2.58. The van der Waals surface area contributed by atoms with E-state index in [1.54, 1.807) is 17.4 Å². The summed E-state index contributed by atoms with van der Waals surface area (Å²) >= 11 is 0. The number of hydrazone groups is 1. The Bertz CT molecular complexity index is 1690. The number of hydrogen-bond acceptors (Lipinski definition) is 6. The summed E-state index contributed by atoms with van der Waals surface area (Å²) in [6, 6.07) is 28.4. The average molecular weight is 586 g/mol. The minimum absolute atomic E-state index is 0.166. The van der Waals surface area contributed by atoms with Crippen molar-refractivity contribution in [3.8, 4) is 11.5 Å². The fraction of sp³-hybridized carbons (Fsp3) is 0.270. The van der Waals surface area contributed by atoms with Gasteiger partial charge in [0.2, 0.25) is 0 Å². The Labute approximate surface area is 260 Å². The highest BCUT2D eigenvalue weighted by Gasteiger charge is 2.57. The van der Waals surface area contributed by atoms with Gasteiger partial charge in [-0.25, -0.2) is 5.01 Å². The lowest BCUT2D eigenvalue weighted by Gasteiger charge is -2.42. The van der Waals surface area contributed by atoms with E-state index in [4.69, 9.17) is 9.84 Å². The van der Waals surface area contributed by atoms with Crippen LogP contribution in [0.3, 0.4) is 0 Å². The molecule has 0 saturated heterocycles. The Morgan fingerprint density at radius 3 is 1.89 bits per heavy atom. The van der Waals surface area contributed by atoms with Crippen molar-refractivity contribution in [1.82, 2.24) is 5.01 Å². The van der Waals surface area contributed by atoms with Crippen LogP contribution in [0.5, 0.6) is 11.5 Å². The summed E-state index contributed by atoms with van der Waals surface area (Å²) in [6.45, 7) is 14.1. The van der Waals surface area contributed by atoms with Gasteiger partial charge in [-0.3, -0.25) is 9.79 Å². The maximum absolute atomic E-state index is 14.3. The smallest absolute Gasteiger partial charge is 0.275 e. The zero-order chi connectivity index (χ0) is 30.8. The van der Waals surface area contributed by atoms with Crippen molar-refractivity contribution in [2.75, 3.05) is 36.0 Å². The summed E-state index contributed by atoms with van der Waals surface area (Å²) in [7, 11) is 0. The molecule has 7 nitrogen and oxygen atoms in total. The van der Waals surface area contributed by atoms with Crippen molar-refractivity contribution in [2.45, 2.75) is 40.2 Å². The lowest BCUT2D eigenvalue weighted by Crippen LogP contribution is -2.44. The molecule has 2 heterocycles. The average Bonchev–Trinajstić information content (AvgIpc) is 3.29. The van der Waals surface area contributed by atoms with Crippen LogP contribution >= 0.6 is 0 Å². The molecule has 4 aromatic rings. The molecule has 0 radical (unpaired) electrons. The quantitative estimate of drug-likeness (QED) is 0.187. The number of amides is 1. The number of nitrogens with zero attached hydrogens (tertiary/aromatic N) is 5. The third-order valence-corrected chi connectivity index (χ3v) is 8.82. The molecule has 4 aromatic carbocycles. The second-order valence-electron chi connectivity index (χ2n) is 11.0. The first kappa shape index (κ1) is 29.2. The predicted molar refractivity (Wildman–Crippen MR) is 180 cm³/mol. The normalized spacial score (nSPS) is 14.6. The molecule has 0 unspecified atom stereocenters. The number of benzene rings is 4. The molecule has 224 valence electrons. The Morgan fingerprint density at radius 1 is 0.727 bits per heavy atom. The van der Waals surface area contributed by atoms with Gasteiger partial charge in [-0.15, -0.1) is 0 Å². The summed E-state index contributed by atoms with van der Waals surface area (Å²) in [5.41, 5.74) is 6.32. The first-order valence-electron chi connectivity index (χ1n) is 15.5. The van der Waals surface area contributed by atoms with Gasteiger partial charge in [-0.1, -0.05) is 48.5 Å². The van der Waals surface area contributed by atoms with E-state index in [0.717, 1.165) is 77.0 Å². The number of aliphatic imine (C=N–C) groups is 1. The second-order valence-corrected chi connectivity index (χ2v) is 11.0. The van der Waals surface area contributed by atoms with Gasteiger partial charge < -0.3 is 14.5 Å². The summed E-state index contributed by atoms with van der Waals surface area (Å²) < 4.78 is 6.75. The van der Waals surface area contributed by atoms with E-state index in [-0.39, 0.29) is 5.91 Å². The molecule has 0 aromatic heterocycles. The van der Waals surface area contributed by atoms with Gasteiger partial charge in [-0.05, 0) is 64.4 Å². The minimum Gasteiger partial charge on any atom is -0.456 e. The SMILES string of the molecule is CCN(CC)c1ccc2c(c1)Oc1cc(N(CC)CC)ccc1C21c2ccccc2C(=O)N1/N=C/C=Nc1ccccc1C. The summed E-state index contributed by atoms with van der Waals surface area (Å²) in [5.74, 6) is 1.27. The molecule has 1 spiro atoms. The first-order chi connectivity index (χ1) is 21.5. The number of aryl methyl sites for hydroxylation is 1. The Morgan fingerprint density at radius 2 is 1.30 bits per heavy atom. The van der Waals surface area contributed by atoms with Gasteiger partial charge >= 0.3 is 0 Å². The van der Waals surface area contributed by atoms with Gasteiger partial charge in [0.25, 0.3) is 5.91 Å². The highest BCUT2D eigenvalue weighted by atomic mass is 16.5. The maximum Gasteiger partial charge on any atom is 0.275 e. The van der Waals surface area contributed by atoms with Crippen molar-refractivity contribution in [2.24, 2.45) is 10.1 Å². The van der Waals surface area contributed by atoms with E-state index < -0.39 is 5.54 Å². The van der Waals surface area contributed by atoms with E-state index >= 15 is 0 Å². The summed E-state index contributed by atoms with van der Waals surface area (Å²) in [5, 5.41) is 6.47. The van der Waals surface area contributed by atoms with Crippen LogP contribution in [0.25, 0.3) is 0 Å². The topological polar surface area (TPSA) is 60.7 Å². The van der Waals surface area contributed by atoms with Crippen molar-refractivity contribution < 1.29 is 9.53 Å². The molecule has 6 rings (SSSR count). The van der Waals surface area contributed by atoms with E-state index in [1.807, 2.05) is 55.5 Å². The molecule has 0 fully saturated rings. The number of ether oxygens (including phenoxy) is 1. The first-order valence-corrected chi connectivity index (χ1v) is 15.5. The van der Waals surface area contributed by atoms with Crippen LogP contribution in [0.15, 0.2) is 95.0 Å². The number of para-hydroxylation sites is 1. The van der Waals surface area contributed by atoms with Crippen LogP contribution in [0.4, 0.5) is 17.1 Å². The third kappa shape index (κ3) is 4.64. The van der Waals surface area contributed by atoms with Crippen molar-refractivity contribution in [3.63, 3.8) is 0 Å². The molecular weight excluding hydrogens is 546 g/mol. The summed E-state index contributed by atoms with van der Waals surface area (Å²) in [4.78, 5) is 23.5. The predicted octanol–water partition coefficient (Wildman–Crippen LogP) is 7.93. The van der Waals surface area contributed by atoms with Crippen molar-refractivity contribution in [1.29, 1.82) is 0 Å². The molecule has 0 atom stereocenters. The van der Waals surface area contributed by atoms with Crippen molar-refractivity contribution in [3.05, 3.63) is 113 Å². The molecule has 0 bridgehead atoms. The molecule has 0 N–H and O–H groups in total. The van der Waals surface area contributed by atoms with E-state index in [9.17, 15) is 4.79 Å². The monoisotopic (exact) mass is 585 g/mol. The fourth-order valence-electron chi connectivity index (χ4n) is 6.56. The number of carbonyl (C=O) groups excluding carboxylic acids is 1. The van der Waals surface area contributed by atoms with Gasteiger partial charge in [0.15, 0.2) is 0 Å². The zero-order valence-electron chi connectivity index (χ0n) is 26.1. The number of hydrogen-bond donors (Lipinski definition) is 0. The molecule has 2 aliphatic heterocycles. The zero-order valence-corrected chi connectivity index (χ0v) is 26.1. The fourth-order valence-corrected chi connectivity index (χ4v) is 6.56. The number of carbonyl (C=O) groups is 1. The summed E-state index contributed by atoms with van der Waals surface area (Å²) in [6.07, 6.45) is 3.27. The maximum atomic E-state index is 14.3. The van der Waals surface area contributed by atoms with Crippen LogP contribution in [-0.2, 0) is 5.54 Å². The molecule has 0 aliphatic carbocycles. The van der Waals surface area contributed by atoms with Gasteiger partial charge in [0.1, 0.15) is 17.0 Å². The molecule has 0 saturated carbocycles. The minimum atomic E-state index is -1.02. The van der Waals surface area contributed by atoms with Crippen LogP contribution in [0.1, 0.15) is 60.3 Å². The molecule has 2 aliphatic rings. The van der Waals surface area contributed by atoms with Gasteiger partial charge in [0.05, 0.1) is 11.9 Å². The third-order valence-electron chi connectivity index (χ3n) is 8.82. The standard InChI is InChI=1S/C37H39N5O2/c1-6-40(7-2)27-18-20-31-34(24-27)44-35-25-28(41(8-3)9-4)19-21-32(35)37(31)30-16-12-11-15-29(30)36(43)42(37)39-23-22-38-33-17-13-10-14-26(33)5/h10-25H,6-9H2,1-5H3/b38-22?,39-23+. The van der Waals surface area contributed by atoms with Gasteiger partial charge in [0, 0.05) is 78.2 Å². The number of rotatable bonds is 9. The molecule has 44 heavy (non-hydrogen) atoms.